The van der Waals surface area contributed by atoms with Crippen LogP contribution in [0.25, 0.3) is 11.3 Å². The molecule has 0 spiro atoms. The van der Waals surface area contributed by atoms with Gasteiger partial charge >= 0.3 is 0 Å². The average molecular weight is 406 g/mol. The van der Waals surface area contributed by atoms with Crippen LogP contribution < -0.4 is 0 Å². The molecule has 1 saturated heterocycles. The Hall–Kier alpha value is -1.70. The third kappa shape index (κ3) is 6.15. The van der Waals surface area contributed by atoms with Gasteiger partial charge in [0.05, 0.1) is 17.6 Å². The topological polar surface area (TPSA) is 75.3 Å². The molecule has 1 atom stereocenters. The molecule has 7 heteroatoms. The van der Waals surface area contributed by atoms with Crippen LogP contribution in [0.4, 0.5) is 0 Å². The molecule has 6 nitrogen and oxygen atoms in total. The molecule has 1 fully saturated rings. The number of aromatic amines is 1. The maximum absolute atomic E-state index is 12.5. The largest absolute Gasteiger partial charge is 0.377 e. The third-order valence-corrected chi connectivity index (χ3v) is 7.19. The Labute approximate surface area is 168 Å². The minimum atomic E-state index is -3.23. The van der Waals surface area contributed by atoms with Gasteiger partial charge in [-0.2, -0.15) is 5.10 Å². The first kappa shape index (κ1) is 21.0. The standard InChI is InChI=1S/C21H31N3O3S/c1-24(28(25,26)17-20-13-7-9-15-27-20)14-8-3-6-12-19-16-21(23-22-19)18-10-4-2-5-11-18/h2,4-5,10-11,16,20H,3,6-9,12-15,17H2,1H3,(H,22,23). The predicted octanol–water partition coefficient (Wildman–Crippen LogP) is 3.62. The van der Waals surface area contributed by atoms with Crippen LogP contribution in [0.1, 0.15) is 44.2 Å². The van der Waals surface area contributed by atoms with Crippen LogP contribution in [0.5, 0.6) is 0 Å². The zero-order chi connectivity index (χ0) is 19.8. The molecule has 0 saturated carbocycles. The molecule has 28 heavy (non-hydrogen) atoms. The highest BCUT2D eigenvalue weighted by atomic mass is 32.2. The maximum Gasteiger partial charge on any atom is 0.216 e. The summed E-state index contributed by atoms with van der Waals surface area (Å²) in [5.41, 5.74) is 3.19. The fourth-order valence-electron chi connectivity index (χ4n) is 3.51. The van der Waals surface area contributed by atoms with Gasteiger partial charge in [0.15, 0.2) is 0 Å². The number of rotatable bonds is 10. The molecule has 2 heterocycles. The lowest BCUT2D eigenvalue weighted by molar-refractivity contribution is 0.0299. The van der Waals surface area contributed by atoms with E-state index in [1.165, 1.54) is 4.31 Å². The number of nitrogens with zero attached hydrogens (tertiary/aromatic N) is 2. The van der Waals surface area contributed by atoms with Gasteiger partial charge in [-0.05, 0) is 44.6 Å². The van der Waals surface area contributed by atoms with Crippen molar-refractivity contribution in [3.63, 3.8) is 0 Å². The van der Waals surface area contributed by atoms with E-state index in [1.54, 1.807) is 7.05 Å². The van der Waals surface area contributed by atoms with E-state index in [1.807, 2.05) is 18.2 Å². The minimum absolute atomic E-state index is 0.111. The molecule has 1 aliphatic rings. The quantitative estimate of drug-likeness (QED) is 0.613. The molecule has 0 amide bonds. The Kier molecular flexibility index (Phi) is 7.65. The summed E-state index contributed by atoms with van der Waals surface area (Å²) in [6, 6.07) is 12.2. The molecule has 1 aromatic heterocycles. The fourth-order valence-corrected chi connectivity index (χ4v) is 4.91. The number of hydrogen-bond donors (Lipinski definition) is 1. The van der Waals surface area contributed by atoms with E-state index in [9.17, 15) is 8.42 Å². The second kappa shape index (κ2) is 10.2. The van der Waals surface area contributed by atoms with Gasteiger partial charge in [-0.25, -0.2) is 12.7 Å². The van der Waals surface area contributed by atoms with Crippen LogP contribution in [0.15, 0.2) is 36.4 Å². The number of benzene rings is 1. The van der Waals surface area contributed by atoms with E-state index < -0.39 is 10.0 Å². The number of hydrogen-bond acceptors (Lipinski definition) is 4. The second-order valence-corrected chi connectivity index (χ2v) is 9.66. The van der Waals surface area contributed by atoms with E-state index in [0.29, 0.717) is 13.2 Å². The van der Waals surface area contributed by atoms with Gasteiger partial charge in [-0.15, -0.1) is 0 Å². The first-order chi connectivity index (χ1) is 13.5. The van der Waals surface area contributed by atoms with Crippen molar-refractivity contribution >= 4 is 10.0 Å². The normalized spacial score (nSPS) is 17.9. The maximum atomic E-state index is 12.5. The zero-order valence-corrected chi connectivity index (χ0v) is 17.5. The minimum Gasteiger partial charge on any atom is -0.377 e. The van der Waals surface area contributed by atoms with Gasteiger partial charge in [0.1, 0.15) is 0 Å². The molecule has 1 aliphatic heterocycles. The molecule has 1 unspecified atom stereocenters. The van der Waals surface area contributed by atoms with Crippen LogP contribution in [0, 0.1) is 0 Å². The van der Waals surface area contributed by atoms with Crippen molar-refractivity contribution in [3.05, 3.63) is 42.1 Å². The molecule has 1 aromatic carbocycles. The van der Waals surface area contributed by atoms with Gasteiger partial charge in [0.2, 0.25) is 10.0 Å². The Bertz CT molecular complexity index is 814. The van der Waals surface area contributed by atoms with Crippen molar-refractivity contribution in [2.75, 3.05) is 26.0 Å². The molecule has 2 aromatic rings. The molecule has 3 rings (SSSR count). The molecule has 1 N–H and O–H groups in total. The first-order valence-corrected chi connectivity index (χ1v) is 11.8. The number of aromatic nitrogens is 2. The van der Waals surface area contributed by atoms with Crippen molar-refractivity contribution in [1.82, 2.24) is 14.5 Å². The molecule has 154 valence electrons. The van der Waals surface area contributed by atoms with Crippen molar-refractivity contribution in [3.8, 4) is 11.3 Å². The summed E-state index contributed by atoms with van der Waals surface area (Å²) in [6.07, 6.45) is 6.59. The third-order valence-electron chi connectivity index (χ3n) is 5.26. The van der Waals surface area contributed by atoms with E-state index in [0.717, 1.165) is 61.9 Å². The number of unbranched alkanes of at least 4 members (excludes halogenated alkanes) is 2. The summed E-state index contributed by atoms with van der Waals surface area (Å²) in [4.78, 5) is 0. The van der Waals surface area contributed by atoms with Crippen LogP contribution >= 0.6 is 0 Å². The van der Waals surface area contributed by atoms with Gasteiger partial charge in [0, 0.05) is 31.5 Å². The Morgan fingerprint density at radius 1 is 1.18 bits per heavy atom. The Morgan fingerprint density at radius 3 is 2.75 bits per heavy atom. The van der Waals surface area contributed by atoms with E-state index in [-0.39, 0.29) is 11.9 Å². The van der Waals surface area contributed by atoms with Crippen LogP contribution in [0.3, 0.4) is 0 Å². The second-order valence-electron chi connectivity index (χ2n) is 7.54. The molecular weight excluding hydrogens is 374 g/mol. The summed E-state index contributed by atoms with van der Waals surface area (Å²) in [7, 11) is -1.55. The van der Waals surface area contributed by atoms with Crippen molar-refractivity contribution < 1.29 is 13.2 Å². The van der Waals surface area contributed by atoms with E-state index in [2.05, 4.69) is 28.4 Å². The fraction of sp³-hybridized carbons (Fsp3) is 0.571. The van der Waals surface area contributed by atoms with Crippen LogP contribution in [0.2, 0.25) is 0 Å². The summed E-state index contributed by atoms with van der Waals surface area (Å²) < 4.78 is 32.0. The lowest BCUT2D eigenvalue weighted by atomic mass is 10.1. The highest BCUT2D eigenvalue weighted by Crippen LogP contribution is 2.18. The first-order valence-electron chi connectivity index (χ1n) is 10.2. The molecule has 0 aliphatic carbocycles. The highest BCUT2D eigenvalue weighted by Gasteiger charge is 2.25. The average Bonchev–Trinajstić information content (AvgIpc) is 3.17. The van der Waals surface area contributed by atoms with Gasteiger partial charge in [-0.1, -0.05) is 36.8 Å². The predicted molar refractivity (Wildman–Crippen MR) is 112 cm³/mol. The zero-order valence-electron chi connectivity index (χ0n) is 16.6. The summed E-state index contributed by atoms with van der Waals surface area (Å²) in [5.74, 6) is 0.111. The number of nitrogens with one attached hydrogen (secondary N) is 1. The smallest absolute Gasteiger partial charge is 0.216 e. The molecular formula is C21H31N3O3S. The van der Waals surface area contributed by atoms with E-state index >= 15 is 0 Å². The van der Waals surface area contributed by atoms with Gasteiger partial charge in [0.25, 0.3) is 0 Å². The lowest BCUT2D eigenvalue weighted by Gasteiger charge is -2.25. The number of ether oxygens (including phenoxy) is 1. The summed E-state index contributed by atoms with van der Waals surface area (Å²) in [6.45, 7) is 1.25. The SMILES string of the molecule is CN(CCCCCc1cc(-c2ccccc2)n[nH]1)S(=O)(=O)CC1CCCCO1. The Balaban J connectivity index is 1.35. The van der Waals surface area contributed by atoms with Crippen molar-refractivity contribution in [2.45, 2.75) is 51.0 Å². The lowest BCUT2D eigenvalue weighted by Crippen LogP contribution is -2.36. The van der Waals surface area contributed by atoms with Gasteiger partial charge < -0.3 is 4.74 Å². The number of aryl methyl sites for hydroxylation is 1. The van der Waals surface area contributed by atoms with Gasteiger partial charge in [-0.3, -0.25) is 5.10 Å². The highest BCUT2D eigenvalue weighted by molar-refractivity contribution is 7.89. The van der Waals surface area contributed by atoms with Crippen LogP contribution in [-0.2, 0) is 21.2 Å². The molecule has 0 bridgehead atoms. The number of sulfonamides is 1. The number of H-pyrrole nitrogens is 1. The Morgan fingerprint density at radius 2 is 2.00 bits per heavy atom. The molecule has 0 radical (unpaired) electrons. The van der Waals surface area contributed by atoms with E-state index in [4.69, 9.17) is 4.74 Å². The summed E-state index contributed by atoms with van der Waals surface area (Å²) >= 11 is 0. The monoisotopic (exact) mass is 405 g/mol. The van der Waals surface area contributed by atoms with Crippen LogP contribution in [-0.4, -0.2) is 55.0 Å². The summed E-state index contributed by atoms with van der Waals surface area (Å²) in [5, 5.41) is 7.48. The van der Waals surface area contributed by atoms with Crippen molar-refractivity contribution in [1.29, 1.82) is 0 Å². The van der Waals surface area contributed by atoms with Crippen molar-refractivity contribution in [2.24, 2.45) is 0 Å².